The second-order valence-corrected chi connectivity index (χ2v) is 7.26. The first kappa shape index (κ1) is 16.8. The highest BCUT2D eigenvalue weighted by molar-refractivity contribution is 6.31. The highest BCUT2D eigenvalue weighted by Gasteiger charge is 2.40. The Balaban J connectivity index is 1.70. The SMILES string of the molecule is Cc1nc2c(c(N3CCC3)[nH+]1)[C@@H](C)N(C(=O)c1cc(Cl)cc(C#N)c1)C2. The fourth-order valence-electron chi connectivity index (χ4n) is 3.66. The Hall–Kier alpha value is -2.65. The van der Waals surface area contributed by atoms with Crippen LogP contribution in [0.5, 0.6) is 0 Å². The van der Waals surface area contributed by atoms with Gasteiger partial charge in [-0.2, -0.15) is 5.26 Å². The highest BCUT2D eigenvalue weighted by atomic mass is 35.5. The number of aromatic amines is 1. The fraction of sp³-hybridized carbons (Fsp3) is 0.368. The molecule has 7 heteroatoms. The third kappa shape index (κ3) is 2.69. The zero-order valence-electron chi connectivity index (χ0n) is 14.7. The van der Waals surface area contributed by atoms with Gasteiger partial charge in [0.2, 0.25) is 11.6 Å². The Morgan fingerprint density at radius 2 is 2.15 bits per heavy atom. The van der Waals surface area contributed by atoms with Crippen LogP contribution < -0.4 is 9.88 Å². The van der Waals surface area contributed by atoms with Crippen molar-refractivity contribution < 1.29 is 9.78 Å². The van der Waals surface area contributed by atoms with Crippen molar-refractivity contribution in [2.45, 2.75) is 32.9 Å². The number of nitrogens with one attached hydrogen (secondary N) is 1. The number of nitriles is 1. The van der Waals surface area contributed by atoms with Gasteiger partial charge in [0.05, 0.1) is 42.9 Å². The Labute approximate surface area is 157 Å². The number of hydrogen-bond acceptors (Lipinski definition) is 4. The van der Waals surface area contributed by atoms with Crippen LogP contribution in [0, 0.1) is 18.3 Å². The second-order valence-electron chi connectivity index (χ2n) is 6.82. The monoisotopic (exact) mass is 368 g/mol. The van der Waals surface area contributed by atoms with Gasteiger partial charge in [0.25, 0.3) is 5.91 Å². The van der Waals surface area contributed by atoms with E-state index in [1.54, 1.807) is 23.1 Å². The molecule has 0 aliphatic carbocycles. The summed E-state index contributed by atoms with van der Waals surface area (Å²) < 4.78 is 0. The van der Waals surface area contributed by atoms with Crippen LogP contribution in [0.4, 0.5) is 5.82 Å². The fourth-order valence-corrected chi connectivity index (χ4v) is 3.90. The van der Waals surface area contributed by atoms with Crippen molar-refractivity contribution in [2.75, 3.05) is 18.0 Å². The number of halogens is 1. The lowest BCUT2D eigenvalue weighted by Gasteiger charge is -2.29. The number of carbonyl (C=O) groups excluding carboxylic acids is 1. The van der Waals surface area contributed by atoms with Crippen molar-refractivity contribution in [2.24, 2.45) is 0 Å². The maximum absolute atomic E-state index is 13.1. The molecule has 0 radical (unpaired) electrons. The van der Waals surface area contributed by atoms with E-state index in [1.165, 1.54) is 6.42 Å². The van der Waals surface area contributed by atoms with Crippen molar-refractivity contribution in [1.29, 1.82) is 5.26 Å². The van der Waals surface area contributed by atoms with Gasteiger partial charge in [0, 0.05) is 23.9 Å². The van der Waals surface area contributed by atoms with Gasteiger partial charge in [-0.25, -0.2) is 4.98 Å². The quantitative estimate of drug-likeness (QED) is 0.816. The van der Waals surface area contributed by atoms with E-state index in [0.29, 0.717) is 22.7 Å². The number of aryl methyl sites for hydroxylation is 1. The van der Waals surface area contributed by atoms with Crippen molar-refractivity contribution in [3.05, 3.63) is 51.4 Å². The largest absolute Gasteiger partial charge is 0.324 e. The van der Waals surface area contributed by atoms with Crippen molar-refractivity contribution in [3.63, 3.8) is 0 Å². The van der Waals surface area contributed by atoms with Gasteiger partial charge >= 0.3 is 0 Å². The minimum absolute atomic E-state index is 0.0954. The Morgan fingerprint density at radius 3 is 2.81 bits per heavy atom. The molecule has 1 aromatic heterocycles. The predicted molar refractivity (Wildman–Crippen MR) is 96.8 cm³/mol. The van der Waals surface area contributed by atoms with E-state index in [9.17, 15) is 4.79 Å². The third-order valence-corrected chi connectivity index (χ3v) is 5.30. The number of hydrogen-bond donors (Lipinski definition) is 0. The molecule has 132 valence electrons. The van der Waals surface area contributed by atoms with Gasteiger partial charge < -0.3 is 4.90 Å². The third-order valence-electron chi connectivity index (χ3n) is 5.08. The summed E-state index contributed by atoms with van der Waals surface area (Å²) in [5, 5.41) is 9.53. The van der Waals surface area contributed by atoms with E-state index in [0.717, 1.165) is 36.0 Å². The van der Waals surface area contributed by atoms with Crippen LogP contribution in [-0.2, 0) is 6.54 Å². The van der Waals surface area contributed by atoms with E-state index < -0.39 is 0 Å². The summed E-state index contributed by atoms with van der Waals surface area (Å²) in [4.78, 5) is 25.2. The van der Waals surface area contributed by atoms with Crippen molar-refractivity contribution >= 4 is 23.3 Å². The maximum atomic E-state index is 13.1. The Morgan fingerprint density at radius 1 is 1.38 bits per heavy atom. The minimum Gasteiger partial charge on any atom is -0.324 e. The van der Waals surface area contributed by atoms with Gasteiger partial charge in [-0.3, -0.25) is 9.69 Å². The van der Waals surface area contributed by atoms with Crippen LogP contribution in [-0.4, -0.2) is 28.9 Å². The molecule has 0 saturated carbocycles. The summed E-state index contributed by atoms with van der Waals surface area (Å²) in [6, 6.07) is 6.71. The van der Waals surface area contributed by atoms with E-state index in [-0.39, 0.29) is 11.9 Å². The molecule has 1 aromatic carbocycles. The van der Waals surface area contributed by atoms with E-state index in [1.807, 2.05) is 19.9 Å². The number of amides is 1. The van der Waals surface area contributed by atoms with Gasteiger partial charge in [0.1, 0.15) is 5.69 Å². The van der Waals surface area contributed by atoms with E-state index >= 15 is 0 Å². The molecule has 6 nitrogen and oxygen atoms in total. The van der Waals surface area contributed by atoms with Crippen molar-refractivity contribution in [3.8, 4) is 6.07 Å². The predicted octanol–water partition coefficient (Wildman–Crippen LogP) is 2.66. The number of carbonyl (C=O) groups is 1. The molecule has 2 aliphatic heterocycles. The standard InChI is InChI=1S/C19H18ClN5O/c1-11-17-16(22-12(2)23-18(17)24-4-3-5-24)10-25(11)19(26)14-6-13(9-21)7-15(20)8-14/h6-8,11H,3-5,10H2,1-2H3/p+1/t11-/m1/s1. The van der Waals surface area contributed by atoms with Crippen LogP contribution in [0.2, 0.25) is 5.02 Å². The molecule has 0 bridgehead atoms. The van der Waals surface area contributed by atoms with Gasteiger partial charge in [0.15, 0.2) is 0 Å². The van der Waals surface area contributed by atoms with Crippen LogP contribution in [0.25, 0.3) is 0 Å². The average Bonchev–Trinajstić information content (AvgIpc) is 2.88. The zero-order chi connectivity index (χ0) is 18.4. The summed E-state index contributed by atoms with van der Waals surface area (Å²) in [6.45, 7) is 6.46. The number of anilines is 1. The minimum atomic E-state index is -0.137. The number of aromatic nitrogens is 2. The summed E-state index contributed by atoms with van der Waals surface area (Å²) in [5.74, 6) is 1.79. The molecule has 2 aromatic rings. The molecule has 2 aliphatic rings. The number of fused-ring (bicyclic) bond motifs is 1. The smallest absolute Gasteiger partial charge is 0.254 e. The van der Waals surface area contributed by atoms with Crippen LogP contribution >= 0.6 is 11.6 Å². The molecule has 1 fully saturated rings. The summed E-state index contributed by atoms with van der Waals surface area (Å²) in [7, 11) is 0. The molecule has 1 saturated heterocycles. The Kier molecular flexibility index (Phi) is 4.04. The van der Waals surface area contributed by atoms with Crippen LogP contribution in [0.15, 0.2) is 18.2 Å². The first-order chi connectivity index (χ1) is 12.5. The van der Waals surface area contributed by atoms with E-state index in [4.69, 9.17) is 16.9 Å². The molecular formula is C19H19ClN5O+. The summed E-state index contributed by atoms with van der Waals surface area (Å²) in [6.07, 6.45) is 1.18. The molecule has 0 unspecified atom stereocenters. The molecule has 1 atom stereocenters. The number of benzene rings is 1. The van der Waals surface area contributed by atoms with Gasteiger partial charge in [-0.15, -0.1) is 4.98 Å². The summed E-state index contributed by atoms with van der Waals surface area (Å²) in [5.41, 5.74) is 2.84. The maximum Gasteiger partial charge on any atom is 0.254 e. The van der Waals surface area contributed by atoms with Gasteiger partial charge in [-0.05, 0) is 25.1 Å². The molecule has 26 heavy (non-hydrogen) atoms. The number of H-pyrrole nitrogens is 1. The number of rotatable bonds is 2. The lowest BCUT2D eigenvalue weighted by molar-refractivity contribution is -0.380. The molecule has 1 amide bonds. The van der Waals surface area contributed by atoms with Crippen LogP contribution in [0.1, 0.15) is 52.4 Å². The molecule has 0 spiro atoms. The topological polar surface area (TPSA) is 74.4 Å². The lowest BCUT2D eigenvalue weighted by Crippen LogP contribution is -2.42. The van der Waals surface area contributed by atoms with Crippen molar-refractivity contribution in [1.82, 2.24) is 9.88 Å². The van der Waals surface area contributed by atoms with Crippen LogP contribution in [0.3, 0.4) is 0 Å². The normalized spacial score (nSPS) is 18.3. The highest BCUT2D eigenvalue weighted by Crippen LogP contribution is 2.38. The molecular weight excluding hydrogens is 350 g/mol. The average molecular weight is 369 g/mol. The molecule has 1 N–H and O–H groups in total. The van der Waals surface area contributed by atoms with Gasteiger partial charge in [-0.1, -0.05) is 11.6 Å². The molecule has 3 heterocycles. The zero-order valence-corrected chi connectivity index (χ0v) is 15.5. The molecule has 4 rings (SSSR count). The Bertz CT molecular complexity index is 948. The van der Waals surface area contributed by atoms with E-state index in [2.05, 4.69) is 14.9 Å². The number of nitrogens with zero attached hydrogens (tertiary/aromatic N) is 4. The first-order valence-corrected chi connectivity index (χ1v) is 9.05. The lowest BCUT2D eigenvalue weighted by atomic mass is 10.1. The first-order valence-electron chi connectivity index (χ1n) is 8.67. The second kappa shape index (κ2) is 6.26. The summed E-state index contributed by atoms with van der Waals surface area (Å²) >= 11 is 6.07.